The van der Waals surface area contributed by atoms with Gasteiger partial charge in [0.05, 0.1) is 0 Å². The quantitative estimate of drug-likeness (QED) is 0.346. The highest BCUT2D eigenvalue weighted by molar-refractivity contribution is 7.94. The molecule has 0 aliphatic heterocycles. The molecule has 2 unspecified atom stereocenters. The maximum absolute atomic E-state index is 12.0. The van der Waals surface area contributed by atoms with E-state index in [1.54, 1.807) is 0 Å². The van der Waals surface area contributed by atoms with E-state index in [1.807, 2.05) is 0 Å². The van der Waals surface area contributed by atoms with Crippen LogP contribution in [0.1, 0.15) is 33.1 Å². The van der Waals surface area contributed by atoms with Gasteiger partial charge in [-0.2, -0.15) is 5.90 Å². The Morgan fingerprint density at radius 3 is 2.80 bits per heavy atom. The fraction of sp³-hybridized carbons (Fsp3) is 0.900. The second-order valence-electron chi connectivity index (χ2n) is 5.09. The number of fused-ring (bicyclic) bond motifs is 2. The number of hydrogen-bond donors (Lipinski definition) is 1. The van der Waals surface area contributed by atoms with E-state index in [-0.39, 0.29) is 10.8 Å². The van der Waals surface area contributed by atoms with Gasteiger partial charge in [0.1, 0.15) is 5.78 Å². The zero-order valence-corrected chi connectivity index (χ0v) is 9.93. The van der Waals surface area contributed by atoms with Gasteiger partial charge in [-0.3, -0.25) is 4.79 Å². The van der Waals surface area contributed by atoms with E-state index in [2.05, 4.69) is 23.2 Å². The van der Waals surface area contributed by atoms with Crippen LogP contribution in [-0.2, 0) is 14.1 Å². The predicted octanol–water partition coefficient (Wildman–Crippen LogP) is 1.85. The molecule has 2 aliphatic rings. The number of carbonyl (C=O) groups is 1. The van der Waals surface area contributed by atoms with Crippen molar-refractivity contribution in [3.05, 3.63) is 0 Å². The molecule has 0 amide bonds. The molecule has 0 heterocycles. The van der Waals surface area contributed by atoms with E-state index in [4.69, 9.17) is 5.90 Å². The first-order chi connectivity index (χ1) is 7.04. The third-order valence-electron chi connectivity index (χ3n) is 4.53. The van der Waals surface area contributed by atoms with E-state index in [0.29, 0.717) is 17.5 Å². The second-order valence-corrected chi connectivity index (χ2v) is 5.75. The van der Waals surface area contributed by atoms with Crippen LogP contribution in [-0.4, -0.2) is 11.5 Å². The standard InChI is InChI=1S/C10H17NO3S/c1-9(2)7-3-4-10(9,8(12)5-7)6-15-14-13-11/h7H,3-6,11H2,1-2H3. The largest absolute Gasteiger partial charge is 0.299 e. The van der Waals surface area contributed by atoms with Gasteiger partial charge in [0.2, 0.25) is 0 Å². The van der Waals surface area contributed by atoms with Gasteiger partial charge in [-0.1, -0.05) is 13.8 Å². The summed E-state index contributed by atoms with van der Waals surface area (Å²) in [5, 5.41) is 0. The SMILES string of the molecule is CC1(C)C2CCC1(CSOON)C(=O)C2. The summed E-state index contributed by atoms with van der Waals surface area (Å²) in [5.74, 6) is 6.36. The molecule has 2 N–H and O–H groups in total. The molecule has 2 rings (SSSR count). The average molecular weight is 231 g/mol. The van der Waals surface area contributed by atoms with Crippen molar-refractivity contribution < 1.29 is 14.1 Å². The highest BCUT2D eigenvalue weighted by atomic mass is 32.2. The number of nitrogens with two attached hydrogens (primary N) is 1. The van der Waals surface area contributed by atoms with Crippen LogP contribution in [0.15, 0.2) is 0 Å². The molecule has 5 heteroatoms. The summed E-state index contributed by atoms with van der Waals surface area (Å²) in [6.45, 7) is 4.39. The van der Waals surface area contributed by atoms with E-state index in [0.717, 1.165) is 31.3 Å². The van der Waals surface area contributed by atoms with Crippen molar-refractivity contribution in [2.45, 2.75) is 33.1 Å². The van der Waals surface area contributed by atoms with Crippen molar-refractivity contribution >= 4 is 17.8 Å². The lowest BCUT2D eigenvalue weighted by atomic mass is 9.70. The summed E-state index contributed by atoms with van der Waals surface area (Å²) in [4.78, 5) is 16.1. The number of ketones is 1. The molecule has 2 fully saturated rings. The van der Waals surface area contributed by atoms with Crippen molar-refractivity contribution in [2.24, 2.45) is 22.6 Å². The average Bonchev–Trinajstić information content (AvgIpc) is 2.52. The Morgan fingerprint density at radius 1 is 1.60 bits per heavy atom. The Balaban J connectivity index is 2.13. The minimum absolute atomic E-state index is 0.0923. The van der Waals surface area contributed by atoms with Crippen molar-refractivity contribution in [3.63, 3.8) is 0 Å². The molecule has 0 aromatic carbocycles. The molecule has 2 bridgehead atoms. The topological polar surface area (TPSA) is 61.6 Å². The minimum atomic E-state index is -0.221. The molecule has 2 atom stereocenters. The highest BCUT2D eigenvalue weighted by Crippen LogP contribution is 2.64. The fourth-order valence-electron chi connectivity index (χ4n) is 3.26. The number of hydrogen-bond acceptors (Lipinski definition) is 5. The summed E-state index contributed by atoms with van der Waals surface area (Å²) in [6.07, 6.45) is 2.87. The molecule has 0 radical (unpaired) electrons. The van der Waals surface area contributed by atoms with Crippen LogP contribution < -0.4 is 5.90 Å². The summed E-state index contributed by atoms with van der Waals surface area (Å²) >= 11 is 1.14. The lowest BCUT2D eigenvalue weighted by Gasteiger charge is -2.35. The number of carbonyl (C=O) groups excluding carboxylic acids is 1. The molecule has 4 nitrogen and oxygen atoms in total. The molecule has 0 spiro atoms. The Hall–Kier alpha value is -0.100. The summed E-state index contributed by atoms with van der Waals surface area (Å²) in [6, 6.07) is 0. The van der Waals surface area contributed by atoms with Crippen molar-refractivity contribution in [1.29, 1.82) is 0 Å². The van der Waals surface area contributed by atoms with Crippen LogP contribution in [0, 0.1) is 16.7 Å². The maximum Gasteiger partial charge on any atom is 0.140 e. The molecule has 2 saturated carbocycles. The monoisotopic (exact) mass is 231 g/mol. The Kier molecular flexibility index (Phi) is 2.83. The van der Waals surface area contributed by atoms with Gasteiger partial charge in [-0.25, -0.2) is 0 Å². The molecular weight excluding hydrogens is 214 g/mol. The van der Waals surface area contributed by atoms with Crippen molar-refractivity contribution in [2.75, 3.05) is 5.75 Å². The van der Waals surface area contributed by atoms with Gasteiger partial charge in [0, 0.05) is 29.6 Å². The van der Waals surface area contributed by atoms with Gasteiger partial charge in [0.15, 0.2) is 0 Å². The van der Waals surface area contributed by atoms with Gasteiger partial charge in [0.25, 0.3) is 0 Å². The molecular formula is C10H17NO3S. The molecule has 0 saturated heterocycles. The number of Topliss-reactive ketones (excluding diaryl/α,β-unsaturated/α-hetero) is 1. The van der Waals surface area contributed by atoms with E-state index in [9.17, 15) is 4.79 Å². The van der Waals surface area contributed by atoms with Crippen molar-refractivity contribution in [1.82, 2.24) is 0 Å². The third kappa shape index (κ3) is 1.45. The third-order valence-corrected chi connectivity index (χ3v) is 5.32. The van der Waals surface area contributed by atoms with Crippen LogP contribution >= 0.6 is 12.0 Å². The molecule has 15 heavy (non-hydrogen) atoms. The summed E-state index contributed by atoms with van der Waals surface area (Å²) in [5.41, 5.74) is -0.129. The lowest BCUT2D eigenvalue weighted by molar-refractivity contribution is -0.195. The lowest BCUT2D eigenvalue weighted by Crippen LogP contribution is -2.38. The summed E-state index contributed by atoms with van der Waals surface area (Å²) < 4.78 is 4.62. The Morgan fingerprint density at radius 2 is 2.33 bits per heavy atom. The van der Waals surface area contributed by atoms with Gasteiger partial charge in [-0.05, 0) is 24.2 Å². The van der Waals surface area contributed by atoms with Crippen LogP contribution in [0.4, 0.5) is 0 Å². The van der Waals surface area contributed by atoms with Crippen LogP contribution in [0.2, 0.25) is 0 Å². The minimum Gasteiger partial charge on any atom is -0.299 e. The second kappa shape index (κ2) is 3.73. The zero-order valence-electron chi connectivity index (χ0n) is 9.12. The predicted molar refractivity (Wildman–Crippen MR) is 57.4 cm³/mol. The van der Waals surface area contributed by atoms with E-state index < -0.39 is 0 Å². The maximum atomic E-state index is 12.0. The van der Waals surface area contributed by atoms with Crippen LogP contribution in [0.25, 0.3) is 0 Å². The fourth-order valence-corrected chi connectivity index (χ4v) is 4.24. The van der Waals surface area contributed by atoms with Crippen LogP contribution in [0.3, 0.4) is 0 Å². The molecule has 0 aromatic rings. The molecule has 2 aliphatic carbocycles. The van der Waals surface area contributed by atoms with Crippen LogP contribution in [0.5, 0.6) is 0 Å². The molecule has 86 valence electrons. The first kappa shape index (κ1) is 11.4. The Labute approximate surface area is 94.0 Å². The van der Waals surface area contributed by atoms with E-state index >= 15 is 0 Å². The van der Waals surface area contributed by atoms with Crippen molar-refractivity contribution in [3.8, 4) is 0 Å². The smallest absolute Gasteiger partial charge is 0.140 e. The normalized spacial score (nSPS) is 37.5. The first-order valence-corrected chi connectivity index (χ1v) is 6.14. The number of rotatable bonds is 4. The van der Waals surface area contributed by atoms with Gasteiger partial charge >= 0.3 is 0 Å². The molecule has 0 aromatic heterocycles. The first-order valence-electron chi connectivity index (χ1n) is 5.23. The van der Waals surface area contributed by atoms with Gasteiger partial charge < -0.3 is 0 Å². The zero-order chi connectivity index (χ0) is 11.1. The van der Waals surface area contributed by atoms with E-state index in [1.165, 1.54) is 0 Å². The highest BCUT2D eigenvalue weighted by Gasteiger charge is 2.63. The van der Waals surface area contributed by atoms with Gasteiger partial charge in [-0.15, -0.1) is 9.32 Å². The summed E-state index contributed by atoms with van der Waals surface area (Å²) in [7, 11) is 0. The Bertz CT molecular complexity index is 282.